The molecule has 2 amide bonds. The van der Waals surface area contributed by atoms with E-state index in [0.717, 1.165) is 30.4 Å². The Morgan fingerprint density at radius 3 is 2.23 bits per heavy atom. The Morgan fingerprint density at radius 1 is 0.971 bits per heavy atom. The van der Waals surface area contributed by atoms with Crippen LogP contribution < -0.4 is 10.6 Å². The van der Waals surface area contributed by atoms with Crippen LogP contribution in [0.2, 0.25) is 0 Å². The highest BCUT2D eigenvalue weighted by atomic mass is 16.5. The van der Waals surface area contributed by atoms with E-state index in [-0.39, 0.29) is 42.2 Å². The molecule has 3 N–H and O–H groups in total. The molecule has 0 spiro atoms. The Labute approximate surface area is 204 Å². The van der Waals surface area contributed by atoms with E-state index in [0.29, 0.717) is 13.0 Å². The molecule has 0 aliphatic heterocycles. The molecule has 3 aliphatic carbocycles. The second kappa shape index (κ2) is 9.56. The third-order valence-corrected chi connectivity index (χ3v) is 7.65. The molecule has 1 saturated carbocycles. The molecule has 3 aliphatic rings. The maximum Gasteiger partial charge on any atom is 0.407 e. The SMILES string of the molecule is O=C(O)CC1(CNC(=O)C2C=CC(NC(=O)OCC3c4ccccc4-c4ccccc43)C2)CCC1. The zero-order valence-electron chi connectivity index (χ0n) is 19.5. The van der Waals surface area contributed by atoms with Gasteiger partial charge in [-0.2, -0.15) is 0 Å². The number of carboxylic acids is 1. The number of aliphatic carboxylic acids is 1. The number of carbonyl (C=O) groups excluding carboxylic acids is 2. The lowest BCUT2D eigenvalue weighted by atomic mass is 9.66. The van der Waals surface area contributed by atoms with Crippen LogP contribution in [0.25, 0.3) is 11.1 Å². The molecule has 0 aromatic heterocycles. The van der Waals surface area contributed by atoms with Crippen LogP contribution in [-0.4, -0.2) is 42.3 Å². The number of carboxylic acid groups (broad SMARTS) is 1. The standard InChI is InChI=1S/C28H30N2O5/c31-25(32)15-28(12-5-13-28)17-29-26(33)18-10-11-19(14-18)30-27(34)35-16-24-22-8-3-1-6-20(22)21-7-2-4-9-23(21)24/h1-4,6-11,18-19,24H,5,12-17H2,(H,29,33)(H,30,34)(H,31,32). The zero-order valence-corrected chi connectivity index (χ0v) is 19.5. The predicted molar refractivity (Wildman–Crippen MR) is 131 cm³/mol. The van der Waals surface area contributed by atoms with Gasteiger partial charge in [-0.1, -0.05) is 67.1 Å². The summed E-state index contributed by atoms with van der Waals surface area (Å²) in [4.78, 5) is 36.3. The summed E-state index contributed by atoms with van der Waals surface area (Å²) in [5.74, 6) is -1.31. The average molecular weight is 475 g/mol. The summed E-state index contributed by atoms with van der Waals surface area (Å²) in [5.41, 5.74) is 4.36. The second-order valence-electron chi connectivity index (χ2n) is 9.95. The van der Waals surface area contributed by atoms with Crippen LogP contribution in [0.3, 0.4) is 0 Å². The molecule has 1 fully saturated rings. The molecule has 7 nitrogen and oxygen atoms in total. The highest BCUT2D eigenvalue weighted by molar-refractivity contribution is 5.82. The van der Waals surface area contributed by atoms with Crippen molar-refractivity contribution in [1.82, 2.24) is 10.6 Å². The van der Waals surface area contributed by atoms with Crippen molar-refractivity contribution in [1.29, 1.82) is 0 Å². The maximum atomic E-state index is 12.6. The van der Waals surface area contributed by atoms with Gasteiger partial charge in [-0.3, -0.25) is 9.59 Å². The van der Waals surface area contributed by atoms with Gasteiger partial charge < -0.3 is 20.5 Å². The molecule has 2 unspecified atom stereocenters. The number of alkyl carbamates (subject to hydrolysis) is 1. The van der Waals surface area contributed by atoms with Crippen molar-refractivity contribution in [3.8, 4) is 11.1 Å². The molecule has 182 valence electrons. The molecule has 7 heteroatoms. The highest BCUT2D eigenvalue weighted by Gasteiger charge is 2.40. The maximum absolute atomic E-state index is 12.6. The van der Waals surface area contributed by atoms with Gasteiger partial charge in [-0.15, -0.1) is 0 Å². The lowest BCUT2D eigenvalue weighted by molar-refractivity contribution is -0.142. The quantitative estimate of drug-likeness (QED) is 0.497. The number of hydrogen-bond acceptors (Lipinski definition) is 4. The molecule has 2 atom stereocenters. The molecule has 0 heterocycles. The highest BCUT2D eigenvalue weighted by Crippen LogP contribution is 2.45. The minimum atomic E-state index is -0.827. The molecule has 2 aromatic carbocycles. The van der Waals surface area contributed by atoms with Gasteiger partial charge in [0.05, 0.1) is 18.4 Å². The largest absolute Gasteiger partial charge is 0.481 e. The summed E-state index contributed by atoms with van der Waals surface area (Å²) >= 11 is 0. The van der Waals surface area contributed by atoms with Crippen LogP contribution in [0, 0.1) is 11.3 Å². The fourth-order valence-corrected chi connectivity index (χ4v) is 5.61. The minimum absolute atomic E-state index is 0.00424. The Kier molecular flexibility index (Phi) is 6.32. The minimum Gasteiger partial charge on any atom is -0.481 e. The average Bonchev–Trinajstić information content (AvgIpc) is 3.42. The molecular weight excluding hydrogens is 444 g/mol. The molecule has 2 aromatic rings. The first kappa shape index (κ1) is 23.1. The Hall–Kier alpha value is -3.61. The van der Waals surface area contributed by atoms with Crippen molar-refractivity contribution in [3.05, 3.63) is 71.8 Å². The van der Waals surface area contributed by atoms with Crippen molar-refractivity contribution in [2.75, 3.05) is 13.2 Å². The zero-order chi connectivity index (χ0) is 24.4. The molecule has 0 bridgehead atoms. The number of rotatable bonds is 8. The number of ether oxygens (including phenoxy) is 1. The van der Waals surface area contributed by atoms with E-state index in [9.17, 15) is 14.4 Å². The van der Waals surface area contributed by atoms with Crippen LogP contribution >= 0.6 is 0 Å². The number of carbonyl (C=O) groups is 3. The van der Waals surface area contributed by atoms with Gasteiger partial charge >= 0.3 is 12.1 Å². The van der Waals surface area contributed by atoms with Crippen molar-refractivity contribution < 1.29 is 24.2 Å². The fourth-order valence-electron chi connectivity index (χ4n) is 5.61. The van der Waals surface area contributed by atoms with E-state index in [1.807, 2.05) is 30.3 Å². The third-order valence-electron chi connectivity index (χ3n) is 7.65. The van der Waals surface area contributed by atoms with Gasteiger partial charge in [0.15, 0.2) is 0 Å². The molecule has 35 heavy (non-hydrogen) atoms. The van der Waals surface area contributed by atoms with Gasteiger partial charge in [0, 0.05) is 12.5 Å². The second-order valence-corrected chi connectivity index (χ2v) is 9.95. The summed E-state index contributed by atoms with van der Waals surface area (Å²) in [6, 6.07) is 16.1. The smallest absolute Gasteiger partial charge is 0.407 e. The topological polar surface area (TPSA) is 105 Å². The summed E-state index contributed by atoms with van der Waals surface area (Å²) in [6.07, 6.45) is 6.31. The lowest BCUT2D eigenvalue weighted by Gasteiger charge is -2.41. The Bertz CT molecular complexity index is 1120. The summed E-state index contributed by atoms with van der Waals surface area (Å²) in [7, 11) is 0. The van der Waals surface area contributed by atoms with Gasteiger partial charge in [-0.05, 0) is 46.9 Å². The van der Waals surface area contributed by atoms with Gasteiger partial charge in [0.25, 0.3) is 0 Å². The molecule has 0 saturated heterocycles. The van der Waals surface area contributed by atoms with Crippen molar-refractivity contribution in [3.63, 3.8) is 0 Å². The van der Waals surface area contributed by atoms with Gasteiger partial charge in [-0.25, -0.2) is 4.79 Å². The number of amides is 2. The van der Waals surface area contributed by atoms with Crippen LogP contribution in [0.1, 0.15) is 49.1 Å². The van der Waals surface area contributed by atoms with Crippen molar-refractivity contribution in [2.24, 2.45) is 11.3 Å². The first-order valence-electron chi connectivity index (χ1n) is 12.2. The van der Waals surface area contributed by atoms with Crippen LogP contribution in [0.15, 0.2) is 60.7 Å². The van der Waals surface area contributed by atoms with E-state index in [4.69, 9.17) is 9.84 Å². The van der Waals surface area contributed by atoms with E-state index in [2.05, 4.69) is 34.9 Å². The Balaban J connectivity index is 1.10. The van der Waals surface area contributed by atoms with Crippen LogP contribution in [0.4, 0.5) is 4.79 Å². The van der Waals surface area contributed by atoms with Crippen LogP contribution in [0.5, 0.6) is 0 Å². The number of hydrogen-bond donors (Lipinski definition) is 3. The van der Waals surface area contributed by atoms with E-state index in [1.54, 1.807) is 6.08 Å². The lowest BCUT2D eigenvalue weighted by Crippen LogP contribution is -2.45. The van der Waals surface area contributed by atoms with Crippen LogP contribution in [-0.2, 0) is 14.3 Å². The summed E-state index contributed by atoms with van der Waals surface area (Å²) in [6.45, 7) is 0.624. The van der Waals surface area contributed by atoms with E-state index < -0.39 is 12.1 Å². The summed E-state index contributed by atoms with van der Waals surface area (Å²) in [5, 5.41) is 14.9. The molecular formula is C28H30N2O5. The third kappa shape index (κ3) is 4.81. The number of fused-ring (bicyclic) bond motifs is 3. The normalized spacial score (nSPS) is 21.5. The van der Waals surface area contributed by atoms with Crippen molar-refractivity contribution in [2.45, 2.75) is 44.1 Å². The molecule has 0 radical (unpaired) electrons. The van der Waals surface area contributed by atoms with E-state index >= 15 is 0 Å². The summed E-state index contributed by atoms with van der Waals surface area (Å²) < 4.78 is 5.61. The monoisotopic (exact) mass is 474 g/mol. The molecule has 5 rings (SSSR count). The van der Waals surface area contributed by atoms with E-state index in [1.165, 1.54) is 11.1 Å². The Morgan fingerprint density at radius 2 is 1.63 bits per heavy atom. The fraction of sp³-hybridized carbons (Fsp3) is 0.393. The number of benzene rings is 2. The number of nitrogens with one attached hydrogen (secondary N) is 2. The van der Waals surface area contributed by atoms with Gasteiger partial charge in [0.1, 0.15) is 6.61 Å². The first-order chi connectivity index (χ1) is 16.9. The van der Waals surface area contributed by atoms with Gasteiger partial charge in [0.2, 0.25) is 5.91 Å². The predicted octanol–water partition coefficient (Wildman–Crippen LogP) is 4.23. The first-order valence-corrected chi connectivity index (χ1v) is 12.2. The van der Waals surface area contributed by atoms with Crippen molar-refractivity contribution >= 4 is 18.0 Å².